The summed E-state index contributed by atoms with van der Waals surface area (Å²) in [4.78, 5) is 30.2. The van der Waals surface area contributed by atoms with Gasteiger partial charge >= 0.3 is 12.2 Å². The van der Waals surface area contributed by atoms with Gasteiger partial charge in [0, 0.05) is 42.5 Å². The molecular weight excluding hydrogens is 506 g/mol. The Morgan fingerprint density at radius 3 is 2.53 bits per heavy atom. The van der Waals surface area contributed by atoms with Gasteiger partial charge in [-0.05, 0) is 54.4 Å². The predicted molar refractivity (Wildman–Crippen MR) is 137 cm³/mol. The third kappa shape index (κ3) is 5.44. The van der Waals surface area contributed by atoms with Crippen LogP contribution in [0, 0.1) is 12.7 Å². The van der Waals surface area contributed by atoms with Crippen molar-refractivity contribution in [3.63, 3.8) is 0 Å². The number of anilines is 3. The minimum absolute atomic E-state index is 0.00108. The van der Waals surface area contributed by atoms with Gasteiger partial charge in [-0.1, -0.05) is 6.07 Å². The van der Waals surface area contributed by atoms with Crippen LogP contribution in [0.25, 0.3) is 22.0 Å². The van der Waals surface area contributed by atoms with Crippen molar-refractivity contribution in [1.29, 1.82) is 0 Å². The van der Waals surface area contributed by atoms with Crippen LogP contribution in [-0.4, -0.2) is 34.3 Å². The van der Waals surface area contributed by atoms with E-state index in [9.17, 15) is 32.3 Å². The largest absolute Gasteiger partial charge is 0.416 e. The number of carbonyl (C=O) groups excluding carboxylic acids is 1. The lowest BCUT2D eigenvalue weighted by molar-refractivity contribution is -0.137. The molecule has 4 aromatic rings. The Balaban J connectivity index is 1.72. The molecule has 0 bridgehead atoms. The molecule has 0 atom stereocenters. The molecule has 12 heteroatoms. The Bertz CT molecular complexity index is 1580. The second kappa shape index (κ2) is 10.5. The summed E-state index contributed by atoms with van der Waals surface area (Å²) in [5.74, 6) is -0.283. The van der Waals surface area contributed by atoms with E-state index in [1.807, 2.05) is 0 Å². The summed E-state index contributed by atoms with van der Waals surface area (Å²) in [5, 5.41) is 17.6. The quantitative estimate of drug-likeness (QED) is 0.257. The molecule has 2 heterocycles. The number of nitrogens with zero attached hydrogens (tertiary/aromatic N) is 2. The standard InChI is InChI=1S/C26H23F4N5O3/c1-14-8-20(27)21(34-25(38)33-17-5-3-4-16(10-17)26(28,29)30)11-18(14)19-9-15-13-32-23(31-2)12-22(15)35(6-7-36)24(19)37/h3-5,8-13,36H,6-7H2,1-2H3,(H,31,32)(H2,33,34,38). The van der Waals surface area contributed by atoms with Gasteiger partial charge in [0.15, 0.2) is 0 Å². The number of carbonyl (C=O) groups is 1. The molecule has 0 aliphatic heterocycles. The van der Waals surface area contributed by atoms with Crippen molar-refractivity contribution in [1.82, 2.24) is 9.55 Å². The van der Waals surface area contributed by atoms with Gasteiger partial charge in [0.2, 0.25) is 0 Å². The topological polar surface area (TPSA) is 108 Å². The van der Waals surface area contributed by atoms with Gasteiger partial charge in [0.1, 0.15) is 11.6 Å². The van der Waals surface area contributed by atoms with Crippen molar-refractivity contribution in [2.45, 2.75) is 19.6 Å². The first-order valence-electron chi connectivity index (χ1n) is 11.4. The summed E-state index contributed by atoms with van der Waals surface area (Å²) >= 11 is 0. The number of fused-ring (bicyclic) bond motifs is 1. The molecule has 0 radical (unpaired) electrons. The molecule has 0 saturated heterocycles. The average molecular weight is 529 g/mol. The molecule has 2 aromatic heterocycles. The van der Waals surface area contributed by atoms with Crippen molar-refractivity contribution < 1.29 is 27.5 Å². The van der Waals surface area contributed by atoms with E-state index in [0.717, 1.165) is 24.3 Å². The van der Waals surface area contributed by atoms with Crippen molar-refractivity contribution >= 4 is 34.1 Å². The lowest BCUT2D eigenvalue weighted by atomic mass is 9.99. The number of hydrogen-bond donors (Lipinski definition) is 4. The molecule has 4 rings (SSSR count). The monoisotopic (exact) mass is 529 g/mol. The molecule has 0 aliphatic rings. The highest BCUT2D eigenvalue weighted by atomic mass is 19.4. The van der Waals surface area contributed by atoms with Crippen molar-refractivity contribution in [3.8, 4) is 11.1 Å². The smallest absolute Gasteiger partial charge is 0.395 e. The number of halogens is 4. The maximum Gasteiger partial charge on any atom is 0.416 e. The summed E-state index contributed by atoms with van der Waals surface area (Å²) in [5.41, 5.74) is -0.392. The number of nitrogens with one attached hydrogen (secondary N) is 3. The Morgan fingerprint density at radius 2 is 1.84 bits per heavy atom. The molecule has 0 aliphatic carbocycles. The van der Waals surface area contributed by atoms with Gasteiger partial charge < -0.3 is 25.6 Å². The zero-order valence-electron chi connectivity index (χ0n) is 20.3. The number of benzene rings is 2. The maximum absolute atomic E-state index is 14.8. The van der Waals surface area contributed by atoms with Crippen LogP contribution in [0.3, 0.4) is 0 Å². The van der Waals surface area contributed by atoms with Gasteiger partial charge in [-0.25, -0.2) is 14.2 Å². The molecule has 38 heavy (non-hydrogen) atoms. The highest BCUT2D eigenvalue weighted by Gasteiger charge is 2.30. The second-order valence-electron chi connectivity index (χ2n) is 8.42. The number of rotatable bonds is 6. The number of aromatic nitrogens is 2. The molecule has 0 fully saturated rings. The molecular formula is C26H23F4N5O3. The summed E-state index contributed by atoms with van der Waals surface area (Å²) in [6, 6.07) is 8.70. The van der Waals surface area contributed by atoms with Crippen LogP contribution in [0.1, 0.15) is 11.1 Å². The minimum atomic E-state index is -4.60. The van der Waals surface area contributed by atoms with Gasteiger partial charge in [-0.2, -0.15) is 13.2 Å². The van der Waals surface area contributed by atoms with Crippen LogP contribution in [0.2, 0.25) is 0 Å². The summed E-state index contributed by atoms with van der Waals surface area (Å²) < 4.78 is 55.1. The number of urea groups is 1. The van der Waals surface area contributed by atoms with Crippen molar-refractivity contribution in [2.75, 3.05) is 29.6 Å². The minimum Gasteiger partial charge on any atom is -0.395 e. The second-order valence-corrected chi connectivity index (χ2v) is 8.42. The third-order valence-corrected chi connectivity index (χ3v) is 5.86. The van der Waals surface area contributed by atoms with E-state index in [2.05, 4.69) is 20.9 Å². The summed E-state index contributed by atoms with van der Waals surface area (Å²) in [6.45, 7) is 1.29. The fourth-order valence-electron chi connectivity index (χ4n) is 4.04. The number of hydrogen-bond acceptors (Lipinski definition) is 5. The molecule has 2 aromatic carbocycles. The zero-order chi connectivity index (χ0) is 27.6. The first kappa shape index (κ1) is 26.6. The van der Waals surface area contributed by atoms with E-state index in [-0.39, 0.29) is 30.1 Å². The van der Waals surface area contributed by atoms with Crippen LogP contribution < -0.4 is 21.5 Å². The van der Waals surface area contributed by atoms with Crippen molar-refractivity contribution in [3.05, 3.63) is 82.0 Å². The number of aliphatic hydroxyl groups excluding tert-OH is 1. The Labute approximate surface area is 213 Å². The van der Waals surface area contributed by atoms with Gasteiger partial charge in [-0.3, -0.25) is 4.79 Å². The van der Waals surface area contributed by atoms with Crippen LogP contribution in [-0.2, 0) is 12.7 Å². The van der Waals surface area contributed by atoms with E-state index in [1.54, 1.807) is 32.3 Å². The third-order valence-electron chi connectivity index (χ3n) is 5.86. The van der Waals surface area contributed by atoms with E-state index in [4.69, 9.17) is 0 Å². The molecule has 0 saturated carbocycles. The number of alkyl halides is 3. The van der Waals surface area contributed by atoms with Gasteiger partial charge in [0.05, 0.1) is 23.4 Å². The lowest BCUT2D eigenvalue weighted by Crippen LogP contribution is -2.24. The van der Waals surface area contributed by atoms with E-state index < -0.39 is 29.1 Å². The maximum atomic E-state index is 14.8. The van der Waals surface area contributed by atoms with Crippen molar-refractivity contribution in [2.24, 2.45) is 0 Å². The molecule has 4 N–H and O–H groups in total. The zero-order valence-corrected chi connectivity index (χ0v) is 20.3. The molecule has 8 nitrogen and oxygen atoms in total. The lowest BCUT2D eigenvalue weighted by Gasteiger charge is -2.16. The summed E-state index contributed by atoms with van der Waals surface area (Å²) in [7, 11) is 1.68. The molecule has 0 unspecified atom stereocenters. The number of aliphatic hydroxyl groups is 1. The first-order chi connectivity index (χ1) is 18.0. The van der Waals surface area contributed by atoms with Gasteiger partial charge in [-0.15, -0.1) is 0 Å². The fraction of sp³-hybridized carbons (Fsp3) is 0.192. The van der Waals surface area contributed by atoms with E-state index in [0.29, 0.717) is 27.8 Å². The average Bonchev–Trinajstić information content (AvgIpc) is 2.87. The SMILES string of the molecule is CNc1cc2c(cn1)cc(-c1cc(NC(=O)Nc3cccc(C(F)(F)F)c3)c(F)cc1C)c(=O)n2CCO. The van der Waals surface area contributed by atoms with E-state index >= 15 is 0 Å². The van der Waals surface area contributed by atoms with E-state index in [1.165, 1.54) is 16.7 Å². The highest BCUT2D eigenvalue weighted by Crippen LogP contribution is 2.32. The van der Waals surface area contributed by atoms with Crippen LogP contribution in [0.4, 0.5) is 39.5 Å². The van der Waals surface area contributed by atoms with Crippen LogP contribution in [0.15, 0.2) is 59.5 Å². The normalized spacial score (nSPS) is 11.4. The molecule has 2 amide bonds. The number of amides is 2. The summed E-state index contributed by atoms with van der Waals surface area (Å²) in [6.07, 6.45) is -3.04. The Morgan fingerprint density at radius 1 is 1.08 bits per heavy atom. The Kier molecular flexibility index (Phi) is 7.35. The number of pyridine rings is 2. The predicted octanol–water partition coefficient (Wildman–Crippen LogP) is 5.21. The Hall–Kier alpha value is -4.45. The highest BCUT2D eigenvalue weighted by molar-refractivity contribution is 6.00. The fourth-order valence-corrected chi connectivity index (χ4v) is 4.04. The molecule has 0 spiro atoms. The van der Waals surface area contributed by atoms with Crippen LogP contribution >= 0.6 is 0 Å². The first-order valence-corrected chi connectivity index (χ1v) is 11.4. The van der Waals surface area contributed by atoms with Gasteiger partial charge in [0.25, 0.3) is 5.56 Å². The molecule has 198 valence electrons. The van der Waals surface area contributed by atoms with Crippen LogP contribution in [0.5, 0.6) is 0 Å². The number of aryl methyl sites for hydroxylation is 1.